The van der Waals surface area contributed by atoms with Crippen LogP contribution in [0.2, 0.25) is 0 Å². The molecule has 4 aromatic rings. The molecule has 0 aliphatic carbocycles. The molecule has 0 aliphatic heterocycles. The van der Waals surface area contributed by atoms with Crippen LogP contribution in [0.3, 0.4) is 0 Å². The summed E-state index contributed by atoms with van der Waals surface area (Å²) < 4.78 is 32.6. The number of carbonyl (C=O) groups is 1. The largest absolute Gasteiger partial charge is 0.481 e. The number of carboxylic acid groups (broad SMARTS) is 1. The molecule has 2 aromatic carbocycles. The molecule has 0 amide bonds. The van der Waals surface area contributed by atoms with E-state index in [1.165, 1.54) is 12.1 Å². The zero-order valence-corrected chi connectivity index (χ0v) is 15.0. The summed E-state index contributed by atoms with van der Waals surface area (Å²) in [5.74, 6) is -1.69. The molecule has 0 saturated heterocycles. The van der Waals surface area contributed by atoms with Gasteiger partial charge in [0.05, 0.1) is 17.2 Å². The molecule has 0 fully saturated rings. The van der Waals surface area contributed by atoms with Crippen LogP contribution in [0, 0.1) is 5.82 Å². The molecule has 0 unspecified atom stereocenters. The lowest BCUT2D eigenvalue weighted by molar-refractivity contribution is -0.136. The first-order chi connectivity index (χ1) is 13.7. The van der Waals surface area contributed by atoms with E-state index < -0.39 is 18.8 Å². The van der Waals surface area contributed by atoms with Crippen LogP contribution in [0.25, 0.3) is 27.5 Å². The predicted octanol–water partition coefficient (Wildman–Crippen LogP) is 4.79. The fourth-order valence-electron chi connectivity index (χ4n) is 3.51. The van der Waals surface area contributed by atoms with Gasteiger partial charge in [-0.2, -0.15) is 5.10 Å². The fourth-order valence-corrected chi connectivity index (χ4v) is 3.51. The predicted molar refractivity (Wildman–Crippen MR) is 103 cm³/mol. The standard InChI is InChI=1S/C21H20FN3O2/c1-12(2)21-16(7-8-20(26)27)17-10-18-13(11-23-24-18)9-19(17)25(21)15-5-3-14(22)4-6-15/h3-6,9-12H,7-8H2,1-2H3,(H,23,24)(H,26,27)/i7D2. The Bertz CT molecular complexity index is 1230. The van der Waals surface area contributed by atoms with Crippen molar-refractivity contribution in [3.05, 3.63) is 59.7 Å². The number of carboxylic acids is 1. The van der Waals surface area contributed by atoms with Crippen molar-refractivity contribution in [1.82, 2.24) is 14.8 Å². The van der Waals surface area contributed by atoms with Gasteiger partial charge in [0.25, 0.3) is 0 Å². The molecule has 138 valence electrons. The zero-order chi connectivity index (χ0) is 20.9. The van der Waals surface area contributed by atoms with Gasteiger partial charge < -0.3 is 9.67 Å². The molecule has 2 heterocycles. The van der Waals surface area contributed by atoms with Crippen molar-refractivity contribution in [3.8, 4) is 5.69 Å². The minimum atomic E-state index is -2.09. The summed E-state index contributed by atoms with van der Waals surface area (Å²) in [7, 11) is 0. The van der Waals surface area contributed by atoms with E-state index in [2.05, 4.69) is 10.2 Å². The summed E-state index contributed by atoms with van der Waals surface area (Å²) in [6, 6.07) is 9.68. The van der Waals surface area contributed by atoms with Crippen molar-refractivity contribution in [2.45, 2.75) is 32.6 Å². The van der Waals surface area contributed by atoms with E-state index in [9.17, 15) is 14.3 Å². The summed E-state index contributed by atoms with van der Waals surface area (Å²) >= 11 is 0. The third-order valence-electron chi connectivity index (χ3n) is 4.61. The molecule has 0 bridgehead atoms. The van der Waals surface area contributed by atoms with E-state index in [1.807, 2.05) is 24.5 Å². The van der Waals surface area contributed by atoms with Crippen LogP contribution >= 0.6 is 0 Å². The molecule has 5 nitrogen and oxygen atoms in total. The van der Waals surface area contributed by atoms with Gasteiger partial charge in [0.2, 0.25) is 0 Å². The number of rotatable bonds is 5. The van der Waals surface area contributed by atoms with Gasteiger partial charge in [-0.25, -0.2) is 4.39 Å². The van der Waals surface area contributed by atoms with Crippen LogP contribution in [0.4, 0.5) is 4.39 Å². The van der Waals surface area contributed by atoms with Crippen molar-refractivity contribution in [3.63, 3.8) is 0 Å². The molecular weight excluding hydrogens is 345 g/mol. The number of aryl methyl sites for hydroxylation is 1. The summed E-state index contributed by atoms with van der Waals surface area (Å²) in [6.45, 7) is 3.87. The first-order valence-corrected chi connectivity index (χ1v) is 8.68. The molecule has 2 N–H and O–H groups in total. The van der Waals surface area contributed by atoms with Crippen molar-refractivity contribution >= 4 is 27.8 Å². The van der Waals surface area contributed by atoms with E-state index in [4.69, 9.17) is 2.74 Å². The first kappa shape index (κ1) is 15.0. The van der Waals surface area contributed by atoms with Crippen molar-refractivity contribution in [1.29, 1.82) is 0 Å². The Labute approximate surface area is 158 Å². The maximum atomic E-state index is 13.5. The molecule has 0 saturated carbocycles. The summed E-state index contributed by atoms with van der Waals surface area (Å²) in [6.07, 6.45) is -1.07. The van der Waals surface area contributed by atoms with Crippen LogP contribution in [0.5, 0.6) is 0 Å². The lowest BCUT2D eigenvalue weighted by Crippen LogP contribution is -2.06. The second-order valence-corrected chi connectivity index (χ2v) is 6.80. The van der Waals surface area contributed by atoms with Gasteiger partial charge >= 0.3 is 5.97 Å². The highest BCUT2D eigenvalue weighted by molar-refractivity contribution is 5.98. The number of hydrogen-bond donors (Lipinski definition) is 2. The summed E-state index contributed by atoms with van der Waals surface area (Å²) in [4.78, 5) is 11.4. The molecule has 0 radical (unpaired) electrons. The fraction of sp³-hybridized carbons (Fsp3) is 0.238. The molecule has 2 aromatic heterocycles. The SMILES string of the molecule is [2H]C([2H])(CC(=O)O)c1c(C(C)C)n(-c2ccc(F)cc2)c2cc3cn[nH]c3cc12. The highest BCUT2D eigenvalue weighted by Crippen LogP contribution is 2.36. The minimum Gasteiger partial charge on any atom is -0.481 e. The molecule has 0 spiro atoms. The third kappa shape index (κ3) is 2.97. The van der Waals surface area contributed by atoms with Crippen molar-refractivity contribution in [2.75, 3.05) is 0 Å². The normalized spacial score (nSPS) is 13.3. The molecule has 27 heavy (non-hydrogen) atoms. The third-order valence-corrected chi connectivity index (χ3v) is 4.61. The lowest BCUT2D eigenvalue weighted by atomic mass is 9.99. The molecule has 0 atom stereocenters. The second-order valence-electron chi connectivity index (χ2n) is 6.80. The number of aromatic amines is 1. The van der Waals surface area contributed by atoms with E-state index in [1.54, 1.807) is 24.4 Å². The van der Waals surface area contributed by atoms with E-state index in [0.717, 1.165) is 16.4 Å². The number of nitrogens with zero attached hydrogens (tertiary/aromatic N) is 2. The number of aromatic nitrogens is 3. The van der Waals surface area contributed by atoms with E-state index in [0.29, 0.717) is 22.3 Å². The Morgan fingerprint density at radius 3 is 2.74 bits per heavy atom. The van der Waals surface area contributed by atoms with Gasteiger partial charge in [-0.3, -0.25) is 9.89 Å². The van der Waals surface area contributed by atoms with Crippen LogP contribution in [0.1, 0.15) is 40.2 Å². The smallest absolute Gasteiger partial charge is 0.303 e. The molecule has 6 heteroatoms. The van der Waals surface area contributed by atoms with Crippen LogP contribution in [0.15, 0.2) is 42.6 Å². The quantitative estimate of drug-likeness (QED) is 0.533. The monoisotopic (exact) mass is 367 g/mol. The van der Waals surface area contributed by atoms with Gasteiger partial charge in [0.15, 0.2) is 0 Å². The van der Waals surface area contributed by atoms with Crippen molar-refractivity contribution in [2.24, 2.45) is 0 Å². The Kier molecular flexibility index (Phi) is 3.62. The zero-order valence-electron chi connectivity index (χ0n) is 17.0. The molecule has 4 rings (SSSR count). The Morgan fingerprint density at radius 2 is 2.07 bits per heavy atom. The summed E-state index contributed by atoms with van der Waals surface area (Å²) in [5.41, 5.74) is 3.14. The van der Waals surface area contributed by atoms with E-state index >= 15 is 0 Å². The molecule has 0 aliphatic rings. The van der Waals surface area contributed by atoms with Gasteiger partial charge in [-0.1, -0.05) is 13.8 Å². The number of fused-ring (bicyclic) bond motifs is 2. The summed E-state index contributed by atoms with van der Waals surface area (Å²) in [5, 5.41) is 17.7. The van der Waals surface area contributed by atoms with Gasteiger partial charge in [0, 0.05) is 31.3 Å². The topological polar surface area (TPSA) is 70.9 Å². The number of hydrogen-bond acceptors (Lipinski definition) is 2. The van der Waals surface area contributed by atoms with Gasteiger partial charge in [0.1, 0.15) is 5.82 Å². The van der Waals surface area contributed by atoms with Gasteiger partial charge in [-0.15, -0.1) is 0 Å². The maximum Gasteiger partial charge on any atom is 0.303 e. The Balaban J connectivity index is 2.16. The number of benzene rings is 2. The number of nitrogens with one attached hydrogen (secondary N) is 1. The highest BCUT2D eigenvalue weighted by Gasteiger charge is 2.22. The second kappa shape index (κ2) is 6.54. The molecular formula is C21H20FN3O2. The lowest BCUT2D eigenvalue weighted by Gasteiger charge is -2.15. The average Bonchev–Trinajstić information content (AvgIpc) is 3.21. The van der Waals surface area contributed by atoms with Gasteiger partial charge in [-0.05, 0) is 54.3 Å². The average molecular weight is 367 g/mol. The minimum absolute atomic E-state index is 0.109. The Hall–Kier alpha value is -3.15. The Morgan fingerprint density at radius 1 is 1.33 bits per heavy atom. The number of H-pyrrole nitrogens is 1. The number of aliphatic carboxylic acids is 1. The van der Waals surface area contributed by atoms with Crippen LogP contribution in [-0.4, -0.2) is 25.8 Å². The number of halogens is 1. The maximum absolute atomic E-state index is 13.5. The van der Waals surface area contributed by atoms with Crippen molar-refractivity contribution < 1.29 is 17.0 Å². The van der Waals surface area contributed by atoms with Crippen LogP contribution < -0.4 is 0 Å². The highest BCUT2D eigenvalue weighted by atomic mass is 19.1. The van der Waals surface area contributed by atoms with Crippen LogP contribution in [-0.2, 0) is 11.2 Å². The van der Waals surface area contributed by atoms with E-state index in [-0.39, 0.29) is 11.7 Å². The first-order valence-electron chi connectivity index (χ1n) is 9.68.